The number of hydrogen-bond donors (Lipinski definition) is 0. The molecule has 0 unspecified atom stereocenters. The lowest BCUT2D eigenvalue weighted by atomic mass is 9.90. The molecule has 5 rings (SSSR count). The molecule has 0 aromatic heterocycles. The van der Waals surface area contributed by atoms with Crippen molar-refractivity contribution in [2.75, 3.05) is 0 Å². The van der Waals surface area contributed by atoms with Crippen LogP contribution in [0.3, 0.4) is 0 Å². The van der Waals surface area contributed by atoms with Crippen LogP contribution in [0.15, 0.2) is 48.5 Å². The number of carbonyl (C=O) groups excluding carboxylic acids is 1. The molecule has 4 atom stereocenters. The Morgan fingerprint density at radius 2 is 1.88 bits per heavy atom. The minimum atomic E-state index is -0.662. The van der Waals surface area contributed by atoms with E-state index in [1.54, 1.807) is 0 Å². The van der Waals surface area contributed by atoms with Crippen molar-refractivity contribution in [3.63, 3.8) is 0 Å². The normalized spacial score (nSPS) is 33.5. The summed E-state index contributed by atoms with van der Waals surface area (Å²) < 4.78 is 6.65. The molecule has 3 nitrogen and oxygen atoms in total. The third kappa shape index (κ3) is 1.69. The van der Waals surface area contributed by atoms with Crippen LogP contribution in [0, 0.1) is 5.92 Å². The average molecular weight is 340 g/mol. The summed E-state index contributed by atoms with van der Waals surface area (Å²) in [7, 11) is 0. The second kappa shape index (κ2) is 4.84. The van der Waals surface area contributed by atoms with E-state index in [-0.39, 0.29) is 24.0 Å². The predicted octanol–water partition coefficient (Wildman–Crippen LogP) is 4.06. The molecule has 24 heavy (non-hydrogen) atoms. The number of ether oxygens (including phenoxy) is 1. The fraction of sp³-hybridized carbons (Fsp3) is 0.350. The summed E-state index contributed by atoms with van der Waals surface area (Å²) in [6.45, 7) is 2.11. The van der Waals surface area contributed by atoms with E-state index in [2.05, 4.69) is 25.1 Å². The summed E-state index contributed by atoms with van der Waals surface area (Å²) in [5.41, 5.74) is 2.90. The smallest absolute Gasteiger partial charge is 0.226 e. The second-order valence-electron chi connectivity index (χ2n) is 7.08. The number of carbonyl (C=O) groups is 1. The monoisotopic (exact) mass is 339 g/mol. The highest BCUT2D eigenvalue weighted by molar-refractivity contribution is 6.30. The fourth-order valence-corrected chi connectivity index (χ4v) is 4.94. The van der Waals surface area contributed by atoms with E-state index < -0.39 is 5.72 Å². The number of benzene rings is 2. The molecule has 2 fully saturated rings. The van der Waals surface area contributed by atoms with Gasteiger partial charge in [-0.25, -0.2) is 0 Å². The van der Waals surface area contributed by atoms with Crippen molar-refractivity contribution in [2.24, 2.45) is 5.92 Å². The van der Waals surface area contributed by atoms with Crippen LogP contribution in [0.5, 0.6) is 0 Å². The minimum Gasteiger partial charge on any atom is -0.345 e. The van der Waals surface area contributed by atoms with E-state index >= 15 is 0 Å². The molecule has 1 amide bonds. The molecular weight excluding hydrogens is 322 g/mol. The lowest BCUT2D eigenvalue weighted by Crippen LogP contribution is -2.43. The summed E-state index contributed by atoms with van der Waals surface area (Å²) >= 11 is 6.07. The minimum absolute atomic E-state index is 0.0225. The van der Waals surface area contributed by atoms with Gasteiger partial charge in [0.25, 0.3) is 0 Å². The Labute approximate surface area is 146 Å². The molecule has 0 radical (unpaired) electrons. The third-order valence-electron chi connectivity index (χ3n) is 5.79. The maximum Gasteiger partial charge on any atom is 0.226 e. The molecule has 2 aliphatic heterocycles. The summed E-state index contributed by atoms with van der Waals surface area (Å²) in [4.78, 5) is 14.9. The van der Waals surface area contributed by atoms with E-state index in [4.69, 9.17) is 16.3 Å². The van der Waals surface area contributed by atoms with Gasteiger partial charge in [-0.15, -0.1) is 0 Å². The first-order chi connectivity index (χ1) is 11.6. The number of hydrogen-bond acceptors (Lipinski definition) is 2. The van der Waals surface area contributed by atoms with Crippen molar-refractivity contribution in [1.82, 2.24) is 4.90 Å². The second-order valence-corrected chi connectivity index (χ2v) is 7.51. The number of nitrogens with zero attached hydrogens (tertiary/aromatic N) is 1. The standard InChI is InChI=1S/C20H18ClNO2/c1-12-10-18(23)22-19-16-5-3-2-4-13(16)11-17(19)24-20(12,22)14-6-8-15(21)9-7-14/h2-9,12,17,19H,10-11H2,1H3/t12-,17+,19-,20-/m0/s1. The maximum absolute atomic E-state index is 12.9. The fourth-order valence-electron chi connectivity index (χ4n) is 4.82. The zero-order valence-corrected chi connectivity index (χ0v) is 14.2. The molecule has 2 aromatic carbocycles. The Balaban J connectivity index is 1.68. The van der Waals surface area contributed by atoms with Crippen molar-refractivity contribution >= 4 is 17.5 Å². The Kier molecular flexibility index (Phi) is 2.92. The molecule has 2 aromatic rings. The molecule has 122 valence electrons. The molecule has 2 heterocycles. The van der Waals surface area contributed by atoms with Gasteiger partial charge < -0.3 is 9.64 Å². The lowest BCUT2D eigenvalue weighted by Gasteiger charge is -2.37. The number of halogens is 1. The predicted molar refractivity (Wildman–Crippen MR) is 91.5 cm³/mol. The van der Waals surface area contributed by atoms with Crippen molar-refractivity contribution in [3.8, 4) is 0 Å². The van der Waals surface area contributed by atoms with Gasteiger partial charge in [-0.1, -0.05) is 54.9 Å². The van der Waals surface area contributed by atoms with Crippen molar-refractivity contribution in [1.29, 1.82) is 0 Å². The molecular formula is C20H18ClNO2. The molecule has 3 aliphatic rings. The maximum atomic E-state index is 12.9. The number of amides is 1. The Morgan fingerprint density at radius 3 is 2.67 bits per heavy atom. The average Bonchev–Trinajstić information content (AvgIpc) is 3.15. The third-order valence-corrected chi connectivity index (χ3v) is 6.04. The van der Waals surface area contributed by atoms with Gasteiger partial charge in [0.15, 0.2) is 5.72 Å². The van der Waals surface area contributed by atoms with Gasteiger partial charge in [0.05, 0.1) is 12.1 Å². The van der Waals surface area contributed by atoms with Gasteiger partial charge in [0.1, 0.15) is 0 Å². The van der Waals surface area contributed by atoms with Gasteiger partial charge in [-0.05, 0) is 23.3 Å². The first kappa shape index (κ1) is 14.5. The van der Waals surface area contributed by atoms with Crippen molar-refractivity contribution < 1.29 is 9.53 Å². The summed E-state index contributed by atoms with van der Waals surface area (Å²) in [5.74, 6) is 0.297. The van der Waals surface area contributed by atoms with Crippen LogP contribution < -0.4 is 0 Å². The lowest BCUT2D eigenvalue weighted by molar-refractivity contribution is -0.147. The van der Waals surface area contributed by atoms with Crippen molar-refractivity contribution in [3.05, 3.63) is 70.2 Å². The van der Waals surface area contributed by atoms with E-state index in [0.717, 1.165) is 12.0 Å². The quantitative estimate of drug-likeness (QED) is 0.784. The highest BCUT2D eigenvalue weighted by atomic mass is 35.5. The molecule has 0 saturated carbocycles. The summed E-state index contributed by atoms with van der Waals surface area (Å²) in [6.07, 6.45) is 1.42. The van der Waals surface area contributed by atoms with Crippen molar-refractivity contribution in [2.45, 2.75) is 37.6 Å². The highest BCUT2D eigenvalue weighted by Gasteiger charge is 2.64. The van der Waals surface area contributed by atoms with E-state index in [0.29, 0.717) is 11.4 Å². The molecule has 0 spiro atoms. The Morgan fingerprint density at radius 1 is 1.12 bits per heavy atom. The van der Waals surface area contributed by atoms with Gasteiger partial charge in [0, 0.05) is 29.3 Å². The van der Waals surface area contributed by atoms with Gasteiger partial charge in [-0.2, -0.15) is 0 Å². The van der Waals surface area contributed by atoms with Crippen LogP contribution >= 0.6 is 11.6 Å². The molecule has 0 bridgehead atoms. The zero-order chi connectivity index (χ0) is 16.5. The Hall–Kier alpha value is -1.84. The van der Waals surface area contributed by atoms with Crippen LogP contribution in [0.25, 0.3) is 0 Å². The van der Waals surface area contributed by atoms with Crippen LogP contribution in [0.4, 0.5) is 0 Å². The van der Waals surface area contributed by atoms with Gasteiger partial charge >= 0.3 is 0 Å². The number of rotatable bonds is 1. The van der Waals surface area contributed by atoms with Gasteiger partial charge in [-0.3, -0.25) is 4.79 Å². The Bertz CT molecular complexity index is 834. The van der Waals surface area contributed by atoms with Gasteiger partial charge in [0.2, 0.25) is 5.91 Å². The van der Waals surface area contributed by atoms with E-state index in [9.17, 15) is 4.79 Å². The summed E-state index contributed by atoms with van der Waals surface area (Å²) in [6, 6.07) is 16.2. The highest BCUT2D eigenvalue weighted by Crippen LogP contribution is 2.59. The topological polar surface area (TPSA) is 29.5 Å². The van der Waals surface area contributed by atoms with Crippen LogP contribution in [0.2, 0.25) is 5.02 Å². The van der Waals surface area contributed by atoms with E-state index in [1.807, 2.05) is 35.2 Å². The van der Waals surface area contributed by atoms with E-state index in [1.165, 1.54) is 11.1 Å². The summed E-state index contributed by atoms with van der Waals surface area (Å²) in [5, 5.41) is 0.696. The SMILES string of the molecule is C[C@H]1CC(=O)N2[C@H]3c4ccccc4C[C@H]3O[C@]12c1ccc(Cl)cc1. The number of fused-ring (bicyclic) bond motifs is 5. The molecule has 2 saturated heterocycles. The van der Waals surface area contributed by atoms with Crippen LogP contribution in [0.1, 0.15) is 36.1 Å². The molecule has 1 aliphatic carbocycles. The first-order valence-corrected chi connectivity index (χ1v) is 8.83. The van der Waals surface area contributed by atoms with Crippen LogP contribution in [-0.4, -0.2) is 16.9 Å². The first-order valence-electron chi connectivity index (χ1n) is 8.45. The van der Waals surface area contributed by atoms with Crippen LogP contribution in [-0.2, 0) is 21.7 Å². The molecule has 4 heteroatoms. The molecule has 0 N–H and O–H groups in total. The largest absolute Gasteiger partial charge is 0.345 e. The zero-order valence-electron chi connectivity index (χ0n) is 13.4.